The van der Waals surface area contributed by atoms with Crippen LogP contribution >= 0.6 is 11.6 Å². The van der Waals surface area contributed by atoms with Gasteiger partial charge in [0.15, 0.2) is 0 Å². The molecule has 0 unspecified atom stereocenters. The van der Waals surface area contributed by atoms with E-state index in [0.717, 1.165) is 37.7 Å². The molecule has 1 saturated carbocycles. The Hall–Kier alpha value is -2.14. The quantitative estimate of drug-likeness (QED) is 0.771. The number of carbonyl (C=O) groups excluding carboxylic acids is 2. The second-order valence-electron chi connectivity index (χ2n) is 6.96. The fourth-order valence-corrected chi connectivity index (χ4v) is 4.13. The van der Waals surface area contributed by atoms with Crippen molar-refractivity contribution in [3.63, 3.8) is 0 Å². The topological polar surface area (TPSA) is 63.4 Å². The first-order valence-corrected chi connectivity index (χ1v) is 9.00. The van der Waals surface area contributed by atoms with Crippen molar-refractivity contribution >= 4 is 23.4 Å². The van der Waals surface area contributed by atoms with Crippen LogP contribution in [0.1, 0.15) is 44.2 Å². The molecule has 4 rings (SSSR count). The molecule has 0 bridgehead atoms. The van der Waals surface area contributed by atoms with Crippen LogP contribution in [0, 0.1) is 5.41 Å². The molecule has 2 aromatic rings. The Morgan fingerprint density at radius 1 is 1.20 bits per heavy atom. The van der Waals surface area contributed by atoms with Crippen molar-refractivity contribution in [1.29, 1.82) is 0 Å². The van der Waals surface area contributed by atoms with Gasteiger partial charge in [0.25, 0.3) is 0 Å². The van der Waals surface area contributed by atoms with E-state index in [1.165, 1.54) is 11.2 Å². The monoisotopic (exact) mass is 358 g/mol. The predicted molar refractivity (Wildman–Crippen MR) is 92.6 cm³/mol. The second kappa shape index (κ2) is 6.30. The van der Waals surface area contributed by atoms with Crippen molar-refractivity contribution in [3.05, 3.63) is 41.2 Å². The number of oxazole rings is 1. The Kier molecular flexibility index (Phi) is 4.12. The van der Waals surface area contributed by atoms with Crippen LogP contribution in [-0.4, -0.2) is 21.7 Å². The number of aromatic nitrogens is 1. The zero-order valence-corrected chi connectivity index (χ0v) is 14.6. The van der Waals surface area contributed by atoms with E-state index < -0.39 is 5.41 Å². The van der Waals surface area contributed by atoms with Crippen LogP contribution in [0.15, 0.2) is 34.9 Å². The van der Waals surface area contributed by atoms with Crippen LogP contribution in [0.4, 0.5) is 0 Å². The fourth-order valence-electron chi connectivity index (χ4n) is 3.93. The number of benzene rings is 1. The molecule has 2 fully saturated rings. The second-order valence-corrected chi connectivity index (χ2v) is 7.39. The van der Waals surface area contributed by atoms with Gasteiger partial charge in [-0.15, -0.1) is 0 Å². The molecule has 1 aromatic carbocycles. The highest BCUT2D eigenvalue weighted by Gasteiger charge is 2.51. The SMILES string of the molecule is O=C1CC2(CCCCC2)C(=O)N1Cc1coc(-c2cccc(Cl)c2)n1. The van der Waals surface area contributed by atoms with Crippen molar-refractivity contribution in [3.8, 4) is 11.5 Å². The Morgan fingerprint density at radius 2 is 2.00 bits per heavy atom. The third-order valence-electron chi connectivity index (χ3n) is 5.24. The molecule has 2 aliphatic rings. The number of amides is 2. The molecule has 1 saturated heterocycles. The molecule has 0 atom stereocenters. The molecule has 1 aliphatic carbocycles. The van der Waals surface area contributed by atoms with E-state index in [0.29, 0.717) is 23.0 Å². The average Bonchev–Trinajstić information content (AvgIpc) is 3.16. The standard InChI is InChI=1S/C19H19ClN2O3/c20-14-6-4-5-13(9-14)17-21-15(12-25-17)11-22-16(23)10-19(18(22)24)7-2-1-3-8-19/h4-6,9,12H,1-3,7-8,10-11H2. The molecule has 25 heavy (non-hydrogen) atoms. The Labute approximate surface area is 151 Å². The zero-order valence-electron chi connectivity index (χ0n) is 13.8. The van der Waals surface area contributed by atoms with Gasteiger partial charge in [0.1, 0.15) is 6.26 Å². The summed E-state index contributed by atoms with van der Waals surface area (Å²) in [5, 5.41) is 0.599. The molecule has 1 aliphatic heterocycles. The van der Waals surface area contributed by atoms with Crippen molar-refractivity contribution in [1.82, 2.24) is 9.88 Å². The maximum absolute atomic E-state index is 12.8. The molecule has 130 valence electrons. The number of carbonyl (C=O) groups is 2. The fraction of sp³-hybridized carbons (Fsp3) is 0.421. The molecule has 2 amide bonds. The van der Waals surface area contributed by atoms with Crippen LogP contribution in [0.3, 0.4) is 0 Å². The minimum Gasteiger partial charge on any atom is -0.444 e. The maximum atomic E-state index is 12.8. The summed E-state index contributed by atoms with van der Waals surface area (Å²) >= 11 is 5.99. The van der Waals surface area contributed by atoms with Crippen molar-refractivity contribution in [2.45, 2.75) is 45.1 Å². The third-order valence-corrected chi connectivity index (χ3v) is 5.48. The molecular formula is C19H19ClN2O3. The molecular weight excluding hydrogens is 340 g/mol. The van der Waals surface area contributed by atoms with Crippen LogP contribution in [-0.2, 0) is 16.1 Å². The van der Waals surface area contributed by atoms with E-state index in [2.05, 4.69) is 4.98 Å². The number of halogens is 1. The third kappa shape index (κ3) is 2.97. The number of rotatable bonds is 3. The van der Waals surface area contributed by atoms with E-state index >= 15 is 0 Å². The average molecular weight is 359 g/mol. The van der Waals surface area contributed by atoms with Gasteiger partial charge in [-0.05, 0) is 31.0 Å². The lowest BCUT2D eigenvalue weighted by Crippen LogP contribution is -2.36. The van der Waals surface area contributed by atoms with E-state index in [1.54, 1.807) is 12.1 Å². The largest absolute Gasteiger partial charge is 0.444 e. The van der Waals surface area contributed by atoms with Crippen LogP contribution < -0.4 is 0 Å². The lowest BCUT2D eigenvalue weighted by Gasteiger charge is -2.30. The molecule has 0 radical (unpaired) electrons. The van der Waals surface area contributed by atoms with Gasteiger partial charge < -0.3 is 4.42 Å². The summed E-state index contributed by atoms with van der Waals surface area (Å²) in [6.07, 6.45) is 6.68. The number of hydrogen-bond acceptors (Lipinski definition) is 4. The summed E-state index contributed by atoms with van der Waals surface area (Å²) in [5.41, 5.74) is 0.876. The van der Waals surface area contributed by atoms with Crippen LogP contribution in [0.25, 0.3) is 11.5 Å². The van der Waals surface area contributed by atoms with Crippen LogP contribution in [0.2, 0.25) is 5.02 Å². The summed E-state index contributed by atoms with van der Waals surface area (Å²) in [7, 11) is 0. The van der Waals surface area contributed by atoms with Crippen LogP contribution in [0.5, 0.6) is 0 Å². The number of imide groups is 1. The lowest BCUT2D eigenvalue weighted by atomic mass is 9.73. The predicted octanol–water partition coefficient (Wildman–Crippen LogP) is 4.20. The van der Waals surface area contributed by atoms with Crippen molar-refractivity contribution in [2.24, 2.45) is 5.41 Å². The summed E-state index contributed by atoms with van der Waals surface area (Å²) in [5.74, 6) is 0.299. The summed E-state index contributed by atoms with van der Waals surface area (Å²) in [6.45, 7) is 0.170. The Bertz CT molecular complexity index is 824. The smallest absolute Gasteiger partial charge is 0.236 e. The molecule has 1 spiro atoms. The first kappa shape index (κ1) is 16.3. The van der Waals surface area contributed by atoms with Gasteiger partial charge in [0, 0.05) is 17.0 Å². The normalized spacial score (nSPS) is 19.8. The van der Waals surface area contributed by atoms with Gasteiger partial charge in [0.05, 0.1) is 17.7 Å². The van der Waals surface area contributed by atoms with Gasteiger partial charge in [0.2, 0.25) is 17.7 Å². The van der Waals surface area contributed by atoms with Crippen molar-refractivity contribution in [2.75, 3.05) is 0 Å². The highest BCUT2D eigenvalue weighted by molar-refractivity contribution is 6.30. The van der Waals surface area contributed by atoms with E-state index in [1.807, 2.05) is 12.1 Å². The zero-order chi connectivity index (χ0) is 17.4. The van der Waals surface area contributed by atoms with Gasteiger partial charge in [-0.3, -0.25) is 14.5 Å². The highest BCUT2D eigenvalue weighted by Crippen LogP contribution is 2.45. The first-order valence-electron chi connectivity index (χ1n) is 8.63. The van der Waals surface area contributed by atoms with Gasteiger partial charge >= 0.3 is 0 Å². The van der Waals surface area contributed by atoms with E-state index in [4.69, 9.17) is 16.0 Å². The summed E-state index contributed by atoms with van der Waals surface area (Å²) in [4.78, 5) is 31.0. The molecule has 0 N–H and O–H groups in total. The lowest BCUT2D eigenvalue weighted by molar-refractivity contribution is -0.143. The summed E-state index contributed by atoms with van der Waals surface area (Å²) in [6, 6.07) is 7.22. The molecule has 1 aromatic heterocycles. The maximum Gasteiger partial charge on any atom is 0.236 e. The van der Waals surface area contributed by atoms with Gasteiger partial charge in [-0.25, -0.2) is 4.98 Å². The molecule has 6 heteroatoms. The highest BCUT2D eigenvalue weighted by atomic mass is 35.5. The minimum absolute atomic E-state index is 0.0375. The first-order chi connectivity index (χ1) is 12.1. The number of likely N-dealkylation sites (tertiary alicyclic amines) is 1. The Morgan fingerprint density at radius 3 is 2.76 bits per heavy atom. The number of hydrogen-bond donors (Lipinski definition) is 0. The molecule has 2 heterocycles. The van der Waals surface area contributed by atoms with Crippen molar-refractivity contribution < 1.29 is 14.0 Å². The number of nitrogens with zero attached hydrogens (tertiary/aromatic N) is 2. The van der Waals surface area contributed by atoms with Gasteiger partial charge in [-0.1, -0.05) is 36.9 Å². The van der Waals surface area contributed by atoms with E-state index in [-0.39, 0.29) is 18.4 Å². The molecule has 5 nitrogen and oxygen atoms in total. The van der Waals surface area contributed by atoms with Gasteiger partial charge in [-0.2, -0.15) is 0 Å². The Balaban J connectivity index is 1.53. The van der Waals surface area contributed by atoms with E-state index in [9.17, 15) is 9.59 Å². The minimum atomic E-state index is -0.463. The summed E-state index contributed by atoms with van der Waals surface area (Å²) < 4.78 is 5.50.